The van der Waals surface area contributed by atoms with Crippen LogP contribution in [-0.4, -0.2) is 23.6 Å². The lowest BCUT2D eigenvalue weighted by Crippen LogP contribution is -2.16. The summed E-state index contributed by atoms with van der Waals surface area (Å²) in [6.45, 7) is 7.18. The molecule has 4 heteroatoms. The number of ketones is 2. The maximum absolute atomic E-state index is 12.9. The quantitative estimate of drug-likeness (QED) is 0.207. The third-order valence-corrected chi connectivity index (χ3v) is 4.16. The summed E-state index contributed by atoms with van der Waals surface area (Å²) in [5, 5.41) is 0. The Balaban J connectivity index is 2.23. The van der Waals surface area contributed by atoms with Crippen LogP contribution >= 0.6 is 0 Å². The topological polar surface area (TPSA) is 60.4 Å². The number of Topliss-reactive ketones (excluding diaryl/α,β-unsaturated/α-hetero) is 2. The van der Waals surface area contributed by atoms with Crippen LogP contribution < -0.4 is 0 Å². The normalized spacial score (nSPS) is 12.1. The molecule has 2 rings (SSSR count). The van der Waals surface area contributed by atoms with Crippen LogP contribution in [0.4, 0.5) is 0 Å². The van der Waals surface area contributed by atoms with Crippen molar-refractivity contribution in [3.8, 4) is 0 Å². The van der Waals surface area contributed by atoms with Crippen molar-refractivity contribution in [2.75, 3.05) is 0 Å². The number of rotatable bonds is 9. The zero-order chi connectivity index (χ0) is 20.5. The summed E-state index contributed by atoms with van der Waals surface area (Å²) in [6, 6.07) is 17.5. The van der Waals surface area contributed by atoms with Crippen molar-refractivity contribution >= 4 is 23.1 Å². The van der Waals surface area contributed by atoms with Crippen molar-refractivity contribution in [2.24, 2.45) is 0 Å². The molecule has 28 heavy (non-hydrogen) atoms. The Morgan fingerprint density at radius 3 is 2.04 bits per heavy atom. The van der Waals surface area contributed by atoms with Crippen LogP contribution in [-0.2, 0) is 14.3 Å². The van der Waals surface area contributed by atoms with Gasteiger partial charge in [0.05, 0.1) is 6.10 Å². The van der Waals surface area contributed by atoms with E-state index in [1.165, 1.54) is 6.92 Å². The summed E-state index contributed by atoms with van der Waals surface area (Å²) in [5.41, 5.74) is 2.00. The first-order chi connectivity index (χ1) is 13.4. The van der Waals surface area contributed by atoms with Crippen molar-refractivity contribution in [3.63, 3.8) is 0 Å². The van der Waals surface area contributed by atoms with E-state index >= 15 is 0 Å². The number of benzene rings is 2. The molecule has 144 valence electrons. The largest absolute Gasteiger partial charge is 0.463 e. The molecule has 0 radical (unpaired) electrons. The van der Waals surface area contributed by atoms with Gasteiger partial charge in [0, 0.05) is 18.1 Å². The number of carbonyl (C=O) groups is 3. The zero-order valence-corrected chi connectivity index (χ0v) is 16.2. The fourth-order valence-corrected chi connectivity index (χ4v) is 2.75. The van der Waals surface area contributed by atoms with Crippen LogP contribution in [0.5, 0.6) is 0 Å². The first-order valence-corrected chi connectivity index (χ1v) is 9.14. The molecule has 0 bridgehead atoms. The minimum absolute atomic E-state index is 0.246. The minimum atomic E-state index is -0.577. The molecule has 4 nitrogen and oxygen atoms in total. The van der Waals surface area contributed by atoms with Crippen molar-refractivity contribution in [3.05, 3.63) is 90.0 Å². The molecule has 0 N–H and O–H groups in total. The highest BCUT2D eigenvalue weighted by atomic mass is 16.5. The molecule has 2 aromatic rings. The lowest BCUT2D eigenvalue weighted by atomic mass is 9.93. The maximum atomic E-state index is 12.9. The van der Waals surface area contributed by atoms with E-state index in [1.807, 2.05) is 18.2 Å². The highest BCUT2D eigenvalue weighted by Crippen LogP contribution is 2.22. The Morgan fingerprint density at radius 2 is 1.50 bits per heavy atom. The van der Waals surface area contributed by atoms with Crippen LogP contribution in [0.3, 0.4) is 0 Å². The molecule has 0 aromatic heterocycles. The van der Waals surface area contributed by atoms with Crippen molar-refractivity contribution < 1.29 is 19.1 Å². The summed E-state index contributed by atoms with van der Waals surface area (Å²) in [6.07, 6.45) is 2.53. The van der Waals surface area contributed by atoms with Crippen molar-refractivity contribution in [1.82, 2.24) is 0 Å². The van der Waals surface area contributed by atoms with Gasteiger partial charge in [-0.2, -0.15) is 0 Å². The second-order valence-electron chi connectivity index (χ2n) is 6.57. The van der Waals surface area contributed by atoms with E-state index in [1.54, 1.807) is 55.5 Å². The summed E-state index contributed by atoms with van der Waals surface area (Å²) in [5.74, 6) is -1.47. The Bertz CT molecular complexity index is 879. The van der Waals surface area contributed by atoms with Crippen LogP contribution in [0.25, 0.3) is 5.57 Å². The Kier molecular flexibility index (Phi) is 7.64. The molecule has 0 aliphatic rings. The molecule has 0 spiro atoms. The number of allylic oxidation sites excluding steroid dienone is 3. The van der Waals surface area contributed by atoms with Gasteiger partial charge in [-0.15, -0.1) is 0 Å². The molecule has 0 aliphatic carbocycles. The predicted molar refractivity (Wildman–Crippen MR) is 110 cm³/mol. The zero-order valence-electron chi connectivity index (χ0n) is 16.2. The van der Waals surface area contributed by atoms with Gasteiger partial charge >= 0.3 is 5.97 Å². The van der Waals surface area contributed by atoms with E-state index < -0.39 is 11.6 Å². The van der Waals surface area contributed by atoms with Crippen molar-refractivity contribution in [2.45, 2.75) is 32.8 Å². The summed E-state index contributed by atoms with van der Waals surface area (Å²) < 4.78 is 5.11. The fourth-order valence-electron chi connectivity index (χ4n) is 2.75. The predicted octanol–water partition coefficient (Wildman–Crippen LogP) is 4.81. The second-order valence-corrected chi connectivity index (χ2v) is 6.57. The molecule has 0 aliphatic heterocycles. The third-order valence-electron chi connectivity index (χ3n) is 4.16. The first kappa shape index (κ1) is 21.0. The van der Waals surface area contributed by atoms with Crippen LogP contribution in [0.2, 0.25) is 0 Å². The van der Waals surface area contributed by atoms with Gasteiger partial charge in [0.1, 0.15) is 0 Å². The lowest BCUT2D eigenvalue weighted by molar-refractivity contribution is -0.145. The molecule has 2 aromatic carbocycles. The highest BCUT2D eigenvalue weighted by molar-refractivity contribution is 6.58. The van der Waals surface area contributed by atoms with E-state index in [9.17, 15) is 14.4 Å². The average Bonchev–Trinajstić information content (AvgIpc) is 2.70. The van der Waals surface area contributed by atoms with Crippen molar-refractivity contribution in [1.29, 1.82) is 0 Å². The number of ether oxygens (including phenoxy) is 1. The molecule has 0 heterocycles. The number of esters is 1. The van der Waals surface area contributed by atoms with Crippen LogP contribution in [0.1, 0.15) is 42.6 Å². The van der Waals surface area contributed by atoms with Crippen LogP contribution in [0.15, 0.2) is 78.9 Å². The van der Waals surface area contributed by atoms with E-state index in [4.69, 9.17) is 4.74 Å². The number of carbonyl (C=O) groups excluding carboxylic acids is 3. The molecule has 0 saturated carbocycles. The second kappa shape index (κ2) is 10.2. The molecule has 0 saturated heterocycles. The fraction of sp³-hybridized carbons (Fsp3) is 0.208. The van der Waals surface area contributed by atoms with Gasteiger partial charge in [0.15, 0.2) is 0 Å². The molecule has 1 atom stereocenters. The van der Waals surface area contributed by atoms with Gasteiger partial charge < -0.3 is 4.74 Å². The lowest BCUT2D eigenvalue weighted by Gasteiger charge is -2.12. The number of hydrogen-bond acceptors (Lipinski definition) is 4. The monoisotopic (exact) mass is 376 g/mol. The Labute approximate surface area is 165 Å². The van der Waals surface area contributed by atoms with Gasteiger partial charge in [-0.1, -0.05) is 72.8 Å². The van der Waals surface area contributed by atoms with E-state index in [0.717, 1.165) is 0 Å². The summed E-state index contributed by atoms with van der Waals surface area (Å²) in [7, 11) is 0. The van der Waals surface area contributed by atoms with E-state index in [2.05, 4.69) is 6.58 Å². The average molecular weight is 376 g/mol. The summed E-state index contributed by atoms with van der Waals surface area (Å²) in [4.78, 5) is 36.6. The van der Waals surface area contributed by atoms with Gasteiger partial charge in [-0.25, -0.2) is 0 Å². The van der Waals surface area contributed by atoms with Crippen LogP contribution in [0, 0.1) is 0 Å². The van der Waals surface area contributed by atoms with Gasteiger partial charge in [-0.3, -0.25) is 14.4 Å². The minimum Gasteiger partial charge on any atom is -0.463 e. The molecule has 0 amide bonds. The standard InChI is InChI=1S/C24H24O4/c1-17(14-15-18(2)28-19(3)25)16-22(20-10-6-4-7-11-20)24(27)23(26)21-12-8-5-9-13-21/h4-13,16,18H,1,14-15H2,2-3H3/b22-16+. The molecular weight excluding hydrogens is 352 g/mol. The van der Waals surface area contributed by atoms with Gasteiger partial charge in [-0.05, 0) is 31.4 Å². The first-order valence-electron chi connectivity index (χ1n) is 9.14. The van der Waals surface area contributed by atoms with E-state index in [0.29, 0.717) is 35.1 Å². The summed E-state index contributed by atoms with van der Waals surface area (Å²) >= 11 is 0. The molecule has 0 fully saturated rings. The maximum Gasteiger partial charge on any atom is 0.302 e. The van der Waals surface area contributed by atoms with E-state index in [-0.39, 0.29) is 12.1 Å². The molecular formula is C24H24O4. The Hall–Kier alpha value is -3.27. The highest BCUT2D eigenvalue weighted by Gasteiger charge is 2.22. The number of hydrogen-bond donors (Lipinski definition) is 0. The van der Waals surface area contributed by atoms with Gasteiger partial charge in [0.25, 0.3) is 0 Å². The van der Waals surface area contributed by atoms with Gasteiger partial charge in [0.2, 0.25) is 11.6 Å². The Morgan fingerprint density at radius 1 is 0.964 bits per heavy atom. The smallest absolute Gasteiger partial charge is 0.302 e. The third kappa shape index (κ3) is 6.16. The SMILES string of the molecule is C=C(/C=C(/C(=O)C(=O)c1ccccc1)c1ccccc1)CCC(C)OC(C)=O. The molecule has 1 unspecified atom stereocenters.